The highest BCUT2D eigenvalue weighted by molar-refractivity contribution is 5.88. The van der Waals surface area contributed by atoms with Gasteiger partial charge in [0.25, 0.3) is 0 Å². The van der Waals surface area contributed by atoms with E-state index in [-0.39, 0.29) is 5.56 Å². The Kier molecular flexibility index (Phi) is 3.43. The lowest BCUT2D eigenvalue weighted by molar-refractivity contribution is 0.0694. The molecule has 1 aliphatic rings. The van der Waals surface area contributed by atoms with Crippen LogP contribution in [0.5, 0.6) is 0 Å². The number of hydrogen-bond donors (Lipinski definition) is 2. The van der Waals surface area contributed by atoms with E-state index in [1.54, 1.807) is 0 Å². The minimum atomic E-state index is -0.989. The molecule has 0 saturated heterocycles. The van der Waals surface area contributed by atoms with Gasteiger partial charge in [0, 0.05) is 18.8 Å². The minimum Gasteiger partial charge on any atom is -0.478 e. The van der Waals surface area contributed by atoms with Gasteiger partial charge in [-0.15, -0.1) is 0 Å². The summed E-state index contributed by atoms with van der Waals surface area (Å²) in [5.41, 5.74) is 3.43. The molecule has 0 saturated carbocycles. The van der Waals surface area contributed by atoms with Gasteiger partial charge in [0.1, 0.15) is 11.9 Å². The van der Waals surface area contributed by atoms with Crippen LogP contribution in [0.25, 0.3) is 0 Å². The molecule has 0 spiro atoms. The predicted octanol–water partition coefficient (Wildman–Crippen LogP) is 1.43. The number of nitrogens with zero attached hydrogens (tertiary/aromatic N) is 2. The molecule has 0 bridgehead atoms. The van der Waals surface area contributed by atoms with Gasteiger partial charge in [-0.3, -0.25) is 0 Å². The molecule has 0 fully saturated rings. The lowest BCUT2D eigenvalue weighted by atomic mass is 10.1. The molecule has 2 N–H and O–H groups in total. The van der Waals surface area contributed by atoms with Crippen LogP contribution in [0, 0.1) is 0 Å². The van der Waals surface area contributed by atoms with Gasteiger partial charge < -0.3 is 10.4 Å². The van der Waals surface area contributed by atoms with Crippen LogP contribution in [0.4, 0.5) is 0 Å². The maximum Gasteiger partial charge on any atom is 0.339 e. The zero-order chi connectivity index (χ0) is 13.9. The summed E-state index contributed by atoms with van der Waals surface area (Å²) in [5, 5.41) is 12.5. The highest BCUT2D eigenvalue weighted by Gasteiger charge is 2.21. The van der Waals surface area contributed by atoms with Gasteiger partial charge in [0.2, 0.25) is 0 Å². The smallest absolute Gasteiger partial charge is 0.339 e. The molecule has 2 aromatic rings. The molecule has 0 aliphatic heterocycles. The number of carbonyl (C=O) groups is 1. The number of benzene rings is 1. The number of aromatic carboxylic acids is 1. The van der Waals surface area contributed by atoms with Crippen molar-refractivity contribution >= 4 is 5.97 Å². The van der Waals surface area contributed by atoms with Crippen molar-refractivity contribution in [1.82, 2.24) is 15.3 Å². The summed E-state index contributed by atoms with van der Waals surface area (Å²) in [4.78, 5) is 18.9. The molecule has 20 heavy (non-hydrogen) atoms. The maximum absolute atomic E-state index is 11.1. The number of carboxylic acids is 1. The molecule has 5 nitrogen and oxygen atoms in total. The number of hydrogen-bond acceptors (Lipinski definition) is 4. The van der Waals surface area contributed by atoms with Crippen molar-refractivity contribution in [2.45, 2.75) is 25.4 Å². The van der Waals surface area contributed by atoms with E-state index in [0.717, 1.165) is 12.8 Å². The number of aromatic nitrogens is 2. The monoisotopic (exact) mass is 269 g/mol. The van der Waals surface area contributed by atoms with Gasteiger partial charge >= 0.3 is 5.97 Å². The molecule has 102 valence electrons. The van der Waals surface area contributed by atoms with Crippen LogP contribution in [0.1, 0.15) is 27.2 Å². The predicted molar refractivity (Wildman–Crippen MR) is 73.5 cm³/mol. The number of fused-ring (bicyclic) bond motifs is 1. The average molecular weight is 269 g/mol. The van der Waals surface area contributed by atoms with Crippen molar-refractivity contribution in [2.24, 2.45) is 0 Å². The second-order valence-corrected chi connectivity index (χ2v) is 4.94. The van der Waals surface area contributed by atoms with E-state index in [2.05, 4.69) is 27.4 Å². The third-order valence-electron chi connectivity index (χ3n) is 3.63. The first-order chi connectivity index (χ1) is 9.74. The molecule has 1 heterocycles. The quantitative estimate of drug-likeness (QED) is 0.878. The first-order valence-corrected chi connectivity index (χ1v) is 6.56. The highest BCUT2D eigenvalue weighted by atomic mass is 16.4. The van der Waals surface area contributed by atoms with Crippen LogP contribution in [0.15, 0.2) is 36.8 Å². The second kappa shape index (κ2) is 5.38. The summed E-state index contributed by atoms with van der Waals surface area (Å²) in [7, 11) is 0. The van der Waals surface area contributed by atoms with Gasteiger partial charge in [0.05, 0.1) is 5.69 Å². The summed E-state index contributed by atoms with van der Waals surface area (Å²) in [6.45, 7) is 0.447. The van der Waals surface area contributed by atoms with Crippen LogP contribution in [0.3, 0.4) is 0 Å². The van der Waals surface area contributed by atoms with Crippen LogP contribution in [-0.4, -0.2) is 27.1 Å². The lowest BCUT2D eigenvalue weighted by Crippen LogP contribution is -2.30. The zero-order valence-electron chi connectivity index (χ0n) is 10.9. The SMILES string of the molecule is O=C(O)c1cncnc1CNC1Cc2ccccc2C1. The third-order valence-corrected chi connectivity index (χ3v) is 3.63. The van der Waals surface area contributed by atoms with Crippen LogP contribution >= 0.6 is 0 Å². The van der Waals surface area contributed by atoms with Crippen molar-refractivity contribution in [3.63, 3.8) is 0 Å². The van der Waals surface area contributed by atoms with Gasteiger partial charge in [-0.05, 0) is 24.0 Å². The standard InChI is InChI=1S/C15H15N3O2/c19-15(20)13-7-16-9-18-14(13)8-17-12-5-10-3-1-2-4-11(10)6-12/h1-4,7,9,12,17H,5-6,8H2,(H,19,20). The van der Waals surface area contributed by atoms with Gasteiger partial charge in [0.15, 0.2) is 0 Å². The molecule has 1 aliphatic carbocycles. The van der Waals surface area contributed by atoms with E-state index in [1.807, 2.05) is 12.1 Å². The van der Waals surface area contributed by atoms with Gasteiger partial charge in [-0.2, -0.15) is 0 Å². The van der Waals surface area contributed by atoms with Crippen molar-refractivity contribution < 1.29 is 9.90 Å². The van der Waals surface area contributed by atoms with Crippen LogP contribution in [0.2, 0.25) is 0 Å². The molecule has 5 heteroatoms. The zero-order valence-corrected chi connectivity index (χ0v) is 10.9. The Hall–Kier alpha value is -2.27. The van der Waals surface area contributed by atoms with E-state index in [4.69, 9.17) is 5.11 Å². The molecule has 1 aromatic heterocycles. The van der Waals surface area contributed by atoms with Gasteiger partial charge in [-0.1, -0.05) is 24.3 Å². The van der Waals surface area contributed by atoms with Crippen molar-refractivity contribution in [2.75, 3.05) is 0 Å². The summed E-state index contributed by atoms with van der Waals surface area (Å²) in [6.07, 6.45) is 4.68. The van der Waals surface area contributed by atoms with Crippen LogP contribution in [-0.2, 0) is 19.4 Å². The molecule has 0 amide bonds. The molecular formula is C15H15N3O2. The van der Waals surface area contributed by atoms with E-state index >= 15 is 0 Å². The number of rotatable bonds is 4. The molecule has 0 radical (unpaired) electrons. The van der Waals surface area contributed by atoms with Crippen molar-refractivity contribution in [1.29, 1.82) is 0 Å². The third kappa shape index (κ3) is 2.53. The summed E-state index contributed by atoms with van der Waals surface area (Å²) in [6, 6.07) is 8.72. The lowest BCUT2D eigenvalue weighted by Gasteiger charge is -2.12. The van der Waals surface area contributed by atoms with Crippen molar-refractivity contribution in [3.8, 4) is 0 Å². The fourth-order valence-corrected chi connectivity index (χ4v) is 2.62. The Morgan fingerprint density at radius 2 is 2.00 bits per heavy atom. The fourth-order valence-electron chi connectivity index (χ4n) is 2.62. The first-order valence-electron chi connectivity index (χ1n) is 6.56. The normalized spacial score (nSPS) is 14.2. The number of nitrogens with one attached hydrogen (secondary N) is 1. The molecule has 1 aromatic carbocycles. The molecule has 0 atom stereocenters. The molecular weight excluding hydrogens is 254 g/mol. The van der Waals surface area contributed by atoms with Crippen molar-refractivity contribution in [3.05, 3.63) is 59.2 Å². The largest absolute Gasteiger partial charge is 0.478 e. The molecule has 3 rings (SSSR count). The fraction of sp³-hybridized carbons (Fsp3) is 0.267. The van der Waals surface area contributed by atoms with Crippen LogP contribution < -0.4 is 5.32 Å². The minimum absolute atomic E-state index is 0.163. The first kappa shape index (κ1) is 12.7. The Balaban J connectivity index is 1.66. The van der Waals surface area contributed by atoms with Gasteiger partial charge in [-0.25, -0.2) is 14.8 Å². The summed E-state index contributed by atoms with van der Waals surface area (Å²) >= 11 is 0. The highest BCUT2D eigenvalue weighted by Crippen LogP contribution is 2.21. The number of carboxylic acid groups (broad SMARTS) is 1. The Morgan fingerprint density at radius 3 is 2.65 bits per heavy atom. The van der Waals surface area contributed by atoms with E-state index in [0.29, 0.717) is 18.3 Å². The second-order valence-electron chi connectivity index (χ2n) is 4.94. The molecule has 0 unspecified atom stereocenters. The Bertz CT molecular complexity index is 618. The maximum atomic E-state index is 11.1. The van der Waals surface area contributed by atoms with E-state index in [9.17, 15) is 4.79 Å². The topological polar surface area (TPSA) is 75.1 Å². The average Bonchev–Trinajstić information content (AvgIpc) is 2.88. The summed E-state index contributed by atoms with van der Waals surface area (Å²) < 4.78 is 0. The Labute approximate surface area is 116 Å². The summed E-state index contributed by atoms with van der Waals surface area (Å²) in [5.74, 6) is -0.989. The Morgan fingerprint density at radius 1 is 1.30 bits per heavy atom. The van der Waals surface area contributed by atoms with E-state index in [1.165, 1.54) is 23.7 Å². The van der Waals surface area contributed by atoms with E-state index < -0.39 is 5.97 Å².